The maximum Gasteiger partial charge on any atom is 0.225 e. The highest BCUT2D eigenvalue weighted by Crippen LogP contribution is 2.47. The molecule has 1 saturated carbocycles. The SMILES string of the molecule is CC1(C)CC2CC(C#N)C2C(=O)N1. The fourth-order valence-corrected chi connectivity index (χ4v) is 2.62. The standard InChI is InChI=1S/C10H14N2O/c1-10(2)4-6-3-7(5-11)8(6)9(13)12-10/h6-8H,3-4H2,1-2H3,(H,12,13). The first-order valence-electron chi connectivity index (χ1n) is 4.75. The molecule has 1 N–H and O–H groups in total. The van der Waals surface area contributed by atoms with Gasteiger partial charge in [-0.2, -0.15) is 5.26 Å². The minimum atomic E-state index is -0.0708. The van der Waals surface area contributed by atoms with Crippen molar-refractivity contribution in [2.24, 2.45) is 17.8 Å². The highest BCUT2D eigenvalue weighted by Gasteiger charge is 2.51. The van der Waals surface area contributed by atoms with E-state index in [0.29, 0.717) is 5.92 Å². The second kappa shape index (κ2) is 2.47. The minimum Gasteiger partial charge on any atom is -0.351 e. The molecule has 1 saturated heterocycles. The Bertz CT molecular complexity index is 290. The Labute approximate surface area is 78.1 Å². The molecule has 0 aromatic carbocycles. The van der Waals surface area contributed by atoms with Crippen LogP contribution in [0, 0.1) is 29.1 Å². The summed E-state index contributed by atoms with van der Waals surface area (Å²) in [4.78, 5) is 11.6. The fraction of sp³-hybridized carbons (Fsp3) is 0.800. The van der Waals surface area contributed by atoms with E-state index in [-0.39, 0.29) is 23.3 Å². The number of rotatable bonds is 0. The zero-order valence-electron chi connectivity index (χ0n) is 8.00. The molecule has 1 amide bonds. The number of nitrogens with zero attached hydrogens (tertiary/aromatic N) is 1. The summed E-state index contributed by atoms with van der Waals surface area (Å²) in [6.07, 6.45) is 1.93. The zero-order valence-corrected chi connectivity index (χ0v) is 8.00. The van der Waals surface area contributed by atoms with Gasteiger partial charge in [-0.25, -0.2) is 0 Å². The Hall–Kier alpha value is -1.04. The number of amides is 1. The summed E-state index contributed by atoms with van der Waals surface area (Å²) < 4.78 is 0. The lowest BCUT2D eigenvalue weighted by Crippen LogP contribution is -2.60. The first kappa shape index (κ1) is 8.55. The van der Waals surface area contributed by atoms with E-state index in [9.17, 15) is 4.79 Å². The fourth-order valence-electron chi connectivity index (χ4n) is 2.62. The maximum absolute atomic E-state index is 11.6. The third kappa shape index (κ3) is 1.21. The van der Waals surface area contributed by atoms with Gasteiger partial charge in [0, 0.05) is 5.54 Å². The van der Waals surface area contributed by atoms with E-state index in [1.807, 2.05) is 13.8 Å². The molecular weight excluding hydrogens is 164 g/mol. The molecule has 0 aromatic rings. The van der Waals surface area contributed by atoms with Crippen LogP contribution in [0.2, 0.25) is 0 Å². The predicted octanol–water partition coefficient (Wildman–Crippen LogP) is 1.06. The van der Waals surface area contributed by atoms with E-state index in [2.05, 4.69) is 11.4 Å². The monoisotopic (exact) mass is 178 g/mol. The third-order valence-corrected chi connectivity index (χ3v) is 3.20. The van der Waals surface area contributed by atoms with Crippen molar-refractivity contribution in [3.8, 4) is 6.07 Å². The molecule has 0 aromatic heterocycles. The third-order valence-electron chi connectivity index (χ3n) is 3.20. The van der Waals surface area contributed by atoms with Gasteiger partial charge in [-0.3, -0.25) is 4.79 Å². The Morgan fingerprint density at radius 3 is 2.85 bits per heavy atom. The van der Waals surface area contributed by atoms with Crippen LogP contribution < -0.4 is 5.32 Å². The van der Waals surface area contributed by atoms with E-state index in [1.165, 1.54) is 0 Å². The van der Waals surface area contributed by atoms with Crippen molar-refractivity contribution in [1.29, 1.82) is 5.26 Å². The summed E-state index contributed by atoms with van der Waals surface area (Å²) in [6.45, 7) is 4.08. The van der Waals surface area contributed by atoms with Gasteiger partial charge in [0.1, 0.15) is 0 Å². The topological polar surface area (TPSA) is 52.9 Å². The molecule has 1 heterocycles. The number of carbonyl (C=O) groups excluding carboxylic acids is 1. The highest BCUT2D eigenvalue weighted by molar-refractivity contribution is 5.82. The van der Waals surface area contributed by atoms with Gasteiger partial charge in [-0.15, -0.1) is 0 Å². The van der Waals surface area contributed by atoms with Gasteiger partial charge in [0.25, 0.3) is 0 Å². The molecule has 0 bridgehead atoms. The summed E-state index contributed by atoms with van der Waals surface area (Å²) in [5, 5.41) is 11.7. The van der Waals surface area contributed by atoms with Gasteiger partial charge >= 0.3 is 0 Å². The number of nitriles is 1. The molecule has 70 valence electrons. The summed E-state index contributed by atoms with van der Waals surface area (Å²) >= 11 is 0. The average molecular weight is 178 g/mol. The van der Waals surface area contributed by atoms with Gasteiger partial charge in [-0.1, -0.05) is 0 Å². The second-order valence-corrected chi connectivity index (χ2v) is 4.83. The zero-order chi connectivity index (χ0) is 9.64. The molecule has 3 heteroatoms. The van der Waals surface area contributed by atoms with E-state index in [1.54, 1.807) is 0 Å². The Morgan fingerprint density at radius 2 is 2.31 bits per heavy atom. The summed E-state index contributed by atoms with van der Waals surface area (Å²) in [5.74, 6) is 0.492. The smallest absolute Gasteiger partial charge is 0.225 e. The van der Waals surface area contributed by atoms with Crippen LogP contribution in [0.1, 0.15) is 26.7 Å². The molecule has 3 atom stereocenters. The summed E-state index contributed by atoms with van der Waals surface area (Å²) in [5.41, 5.74) is -0.0708. The van der Waals surface area contributed by atoms with E-state index in [4.69, 9.17) is 5.26 Å². The van der Waals surface area contributed by atoms with Gasteiger partial charge in [0.15, 0.2) is 0 Å². The normalized spacial score (nSPS) is 41.0. The van der Waals surface area contributed by atoms with Crippen molar-refractivity contribution in [3.63, 3.8) is 0 Å². The van der Waals surface area contributed by atoms with Crippen LogP contribution in [0.3, 0.4) is 0 Å². The van der Waals surface area contributed by atoms with Crippen LogP contribution in [0.25, 0.3) is 0 Å². The van der Waals surface area contributed by atoms with E-state index >= 15 is 0 Å². The second-order valence-electron chi connectivity index (χ2n) is 4.83. The first-order chi connectivity index (χ1) is 6.03. The molecular formula is C10H14N2O. The molecule has 1 aliphatic carbocycles. The Kier molecular flexibility index (Phi) is 1.63. The number of carbonyl (C=O) groups is 1. The molecule has 3 nitrogen and oxygen atoms in total. The van der Waals surface area contributed by atoms with E-state index < -0.39 is 0 Å². The van der Waals surface area contributed by atoms with Gasteiger partial charge < -0.3 is 5.32 Å². The number of nitrogens with one attached hydrogen (secondary N) is 1. The maximum atomic E-state index is 11.6. The number of hydrogen-bond donors (Lipinski definition) is 1. The first-order valence-corrected chi connectivity index (χ1v) is 4.75. The summed E-state index contributed by atoms with van der Waals surface area (Å²) in [7, 11) is 0. The van der Waals surface area contributed by atoms with Crippen molar-refractivity contribution in [1.82, 2.24) is 5.32 Å². The van der Waals surface area contributed by atoms with Crippen LogP contribution >= 0.6 is 0 Å². The van der Waals surface area contributed by atoms with Crippen LogP contribution in [-0.2, 0) is 4.79 Å². The highest BCUT2D eigenvalue weighted by atomic mass is 16.2. The lowest BCUT2D eigenvalue weighted by molar-refractivity contribution is -0.140. The largest absolute Gasteiger partial charge is 0.351 e. The predicted molar refractivity (Wildman–Crippen MR) is 47.5 cm³/mol. The van der Waals surface area contributed by atoms with Crippen molar-refractivity contribution < 1.29 is 4.79 Å². The molecule has 2 fully saturated rings. The van der Waals surface area contributed by atoms with Crippen molar-refractivity contribution in [3.05, 3.63) is 0 Å². The van der Waals surface area contributed by atoms with Gasteiger partial charge in [0.2, 0.25) is 5.91 Å². The molecule has 13 heavy (non-hydrogen) atoms. The summed E-state index contributed by atoms with van der Waals surface area (Å²) in [6, 6.07) is 2.20. The van der Waals surface area contributed by atoms with Gasteiger partial charge in [0.05, 0.1) is 17.9 Å². The molecule has 0 spiro atoms. The molecule has 3 unspecified atom stereocenters. The quantitative estimate of drug-likeness (QED) is 0.603. The minimum absolute atomic E-state index is 0.0157. The van der Waals surface area contributed by atoms with Crippen molar-refractivity contribution in [2.75, 3.05) is 0 Å². The van der Waals surface area contributed by atoms with Crippen LogP contribution in [0.4, 0.5) is 0 Å². The lowest BCUT2D eigenvalue weighted by atomic mass is 9.59. The van der Waals surface area contributed by atoms with Crippen LogP contribution in [0.5, 0.6) is 0 Å². The van der Waals surface area contributed by atoms with Crippen LogP contribution in [-0.4, -0.2) is 11.4 Å². The molecule has 2 aliphatic rings. The molecule has 1 aliphatic heterocycles. The van der Waals surface area contributed by atoms with Crippen molar-refractivity contribution >= 4 is 5.91 Å². The van der Waals surface area contributed by atoms with Gasteiger partial charge in [-0.05, 0) is 32.6 Å². The Morgan fingerprint density at radius 1 is 1.62 bits per heavy atom. The Balaban J connectivity index is 2.13. The number of hydrogen-bond acceptors (Lipinski definition) is 2. The molecule has 0 radical (unpaired) electrons. The number of piperidine rings is 1. The van der Waals surface area contributed by atoms with Crippen LogP contribution in [0.15, 0.2) is 0 Å². The van der Waals surface area contributed by atoms with Crippen molar-refractivity contribution in [2.45, 2.75) is 32.2 Å². The van der Waals surface area contributed by atoms with E-state index in [0.717, 1.165) is 12.8 Å². The number of fused-ring (bicyclic) bond motifs is 1. The molecule has 2 rings (SSSR count). The lowest BCUT2D eigenvalue weighted by Gasteiger charge is -2.49. The average Bonchev–Trinajstić information content (AvgIpc) is 1.93.